The molecule has 1 aliphatic heterocycles. The Morgan fingerprint density at radius 3 is 2.61 bits per heavy atom. The number of oxazole rings is 1. The van der Waals surface area contributed by atoms with Gasteiger partial charge in [0.15, 0.2) is 6.61 Å². The van der Waals surface area contributed by atoms with Gasteiger partial charge in [-0.25, -0.2) is 4.98 Å². The molecule has 1 aromatic carbocycles. The lowest BCUT2D eigenvalue weighted by molar-refractivity contribution is -0.152. The first-order chi connectivity index (χ1) is 16.0. The molecule has 33 heavy (non-hydrogen) atoms. The molecule has 1 aliphatic rings. The summed E-state index contributed by atoms with van der Waals surface area (Å²) in [5.74, 6) is 0.0446. The van der Waals surface area contributed by atoms with E-state index in [2.05, 4.69) is 10.3 Å². The van der Waals surface area contributed by atoms with Crippen molar-refractivity contribution in [3.05, 3.63) is 59.3 Å². The second kappa shape index (κ2) is 10.4. The van der Waals surface area contributed by atoms with Gasteiger partial charge in [-0.3, -0.25) is 14.4 Å². The third-order valence-electron chi connectivity index (χ3n) is 5.55. The summed E-state index contributed by atoms with van der Waals surface area (Å²) in [6, 6.07) is 13.1. The van der Waals surface area contributed by atoms with E-state index in [0.29, 0.717) is 43.3 Å². The maximum Gasteiger partial charge on any atom is 0.312 e. The second-order valence-electron chi connectivity index (χ2n) is 7.85. The third-order valence-corrected chi connectivity index (χ3v) is 6.41. The minimum atomic E-state index is -0.533. The number of esters is 1. The summed E-state index contributed by atoms with van der Waals surface area (Å²) in [5, 5.41) is 4.83. The van der Waals surface area contributed by atoms with Crippen molar-refractivity contribution in [2.45, 2.75) is 26.2 Å². The Labute approximate surface area is 195 Å². The van der Waals surface area contributed by atoms with Crippen LogP contribution in [0, 0.1) is 12.8 Å². The maximum atomic E-state index is 12.5. The van der Waals surface area contributed by atoms with Crippen molar-refractivity contribution in [3.63, 3.8) is 0 Å². The van der Waals surface area contributed by atoms with E-state index < -0.39 is 5.97 Å². The highest BCUT2D eigenvalue weighted by Gasteiger charge is 2.28. The molecular weight excluding hydrogens is 442 g/mol. The lowest BCUT2D eigenvalue weighted by Crippen LogP contribution is -2.43. The fourth-order valence-corrected chi connectivity index (χ4v) is 4.32. The molecule has 172 valence electrons. The molecule has 1 fully saturated rings. The number of thiophene rings is 1. The Balaban J connectivity index is 1.20. The van der Waals surface area contributed by atoms with Crippen LogP contribution in [0.5, 0.6) is 0 Å². The van der Waals surface area contributed by atoms with Crippen molar-refractivity contribution in [2.24, 2.45) is 5.92 Å². The number of likely N-dealkylation sites (tertiary alicyclic amines) is 1. The van der Waals surface area contributed by atoms with E-state index in [1.165, 1.54) is 11.3 Å². The van der Waals surface area contributed by atoms with Crippen LogP contribution in [0.25, 0.3) is 10.8 Å². The number of piperidine rings is 1. The highest BCUT2D eigenvalue weighted by atomic mass is 32.1. The smallest absolute Gasteiger partial charge is 0.312 e. The molecule has 9 heteroatoms. The normalized spacial score (nSPS) is 14.2. The van der Waals surface area contributed by atoms with Gasteiger partial charge in [-0.2, -0.15) is 0 Å². The van der Waals surface area contributed by atoms with Crippen LogP contribution >= 0.6 is 11.3 Å². The summed E-state index contributed by atoms with van der Waals surface area (Å²) < 4.78 is 10.8. The van der Waals surface area contributed by atoms with Gasteiger partial charge < -0.3 is 19.4 Å². The zero-order chi connectivity index (χ0) is 23.2. The topological polar surface area (TPSA) is 102 Å². The van der Waals surface area contributed by atoms with Gasteiger partial charge in [-0.15, -0.1) is 11.3 Å². The van der Waals surface area contributed by atoms with E-state index in [1.54, 1.807) is 11.8 Å². The molecule has 3 aromatic rings. The number of aromatic nitrogens is 1. The molecule has 3 heterocycles. The van der Waals surface area contributed by atoms with E-state index >= 15 is 0 Å². The van der Waals surface area contributed by atoms with Crippen LogP contribution in [-0.4, -0.2) is 47.4 Å². The van der Waals surface area contributed by atoms with Crippen molar-refractivity contribution in [2.75, 3.05) is 25.0 Å². The van der Waals surface area contributed by atoms with Gasteiger partial charge in [-0.1, -0.05) is 24.3 Å². The summed E-state index contributed by atoms with van der Waals surface area (Å²) in [6.45, 7) is 2.33. The van der Waals surface area contributed by atoms with E-state index in [-0.39, 0.29) is 30.8 Å². The van der Waals surface area contributed by atoms with Crippen LogP contribution in [0.1, 0.15) is 24.3 Å². The van der Waals surface area contributed by atoms with E-state index in [0.717, 1.165) is 10.6 Å². The highest BCUT2D eigenvalue weighted by molar-refractivity contribution is 7.13. The minimum absolute atomic E-state index is 0.0374. The first-order valence-electron chi connectivity index (χ1n) is 10.8. The summed E-state index contributed by atoms with van der Waals surface area (Å²) >= 11 is 1.50. The lowest BCUT2D eigenvalue weighted by Gasteiger charge is -2.31. The minimum Gasteiger partial charge on any atom is -0.455 e. The number of hydrogen-bond acceptors (Lipinski definition) is 7. The fraction of sp³-hybridized carbons (Fsp3) is 0.333. The number of carbonyl (C=O) groups excluding carboxylic acids is 3. The Morgan fingerprint density at radius 2 is 1.91 bits per heavy atom. The van der Waals surface area contributed by atoms with E-state index in [4.69, 9.17) is 9.15 Å². The number of benzene rings is 1. The van der Waals surface area contributed by atoms with Crippen molar-refractivity contribution in [1.29, 1.82) is 0 Å². The predicted octanol–water partition coefficient (Wildman–Crippen LogP) is 3.67. The molecular formula is C24H25N3O5S. The van der Waals surface area contributed by atoms with E-state index in [9.17, 15) is 14.4 Å². The molecule has 2 aromatic heterocycles. The van der Waals surface area contributed by atoms with Crippen molar-refractivity contribution < 1.29 is 23.5 Å². The molecule has 0 bridgehead atoms. The fourth-order valence-electron chi connectivity index (χ4n) is 3.68. The number of nitrogens with one attached hydrogen (secondary N) is 1. The van der Waals surface area contributed by atoms with Crippen LogP contribution in [0.4, 0.5) is 5.69 Å². The molecule has 8 nitrogen and oxygen atoms in total. The summed E-state index contributed by atoms with van der Waals surface area (Å²) in [5.41, 5.74) is 1.26. The molecule has 0 unspecified atom stereocenters. The standard InChI is InChI=1S/C24H25N3O5S/c1-16-19(26-24(32-16)20-8-5-13-33-20)14-22(29)31-15-21(28)27-11-9-17(10-12-27)23(30)25-18-6-3-2-4-7-18/h2-8,13,17H,9-12,14-15H2,1H3,(H,25,30). The number of hydrogen-bond donors (Lipinski definition) is 1. The van der Waals surface area contributed by atoms with Gasteiger partial charge in [-0.05, 0) is 43.3 Å². The third kappa shape index (κ3) is 5.87. The molecule has 0 atom stereocenters. The number of nitrogens with zero attached hydrogens (tertiary/aromatic N) is 2. The van der Waals surface area contributed by atoms with Gasteiger partial charge in [0.05, 0.1) is 17.0 Å². The van der Waals surface area contributed by atoms with Gasteiger partial charge in [0.2, 0.25) is 11.8 Å². The lowest BCUT2D eigenvalue weighted by atomic mass is 9.95. The highest BCUT2D eigenvalue weighted by Crippen LogP contribution is 2.26. The Morgan fingerprint density at radius 1 is 1.15 bits per heavy atom. The second-order valence-corrected chi connectivity index (χ2v) is 8.79. The number of ether oxygens (including phenoxy) is 1. The largest absolute Gasteiger partial charge is 0.455 e. The first kappa shape index (κ1) is 22.7. The van der Waals surface area contributed by atoms with Crippen molar-refractivity contribution in [3.8, 4) is 10.8 Å². The number of amides is 2. The Hall–Kier alpha value is -3.46. The number of aryl methyl sites for hydroxylation is 1. The summed E-state index contributed by atoms with van der Waals surface area (Å²) in [7, 11) is 0. The number of anilines is 1. The first-order valence-corrected chi connectivity index (χ1v) is 11.7. The molecule has 1 saturated heterocycles. The van der Waals surface area contributed by atoms with Gasteiger partial charge in [0.25, 0.3) is 5.91 Å². The monoisotopic (exact) mass is 467 g/mol. The number of carbonyl (C=O) groups is 3. The van der Waals surface area contributed by atoms with Gasteiger partial charge >= 0.3 is 5.97 Å². The number of rotatable bonds is 7. The molecule has 1 N–H and O–H groups in total. The van der Waals surface area contributed by atoms with Crippen LogP contribution in [0.15, 0.2) is 52.3 Å². The Bertz CT molecular complexity index is 1100. The predicted molar refractivity (Wildman–Crippen MR) is 124 cm³/mol. The van der Waals surface area contributed by atoms with Gasteiger partial charge in [0, 0.05) is 24.7 Å². The molecule has 0 radical (unpaired) electrons. The van der Waals surface area contributed by atoms with Gasteiger partial charge in [0.1, 0.15) is 5.76 Å². The van der Waals surface area contributed by atoms with Crippen LogP contribution in [0.3, 0.4) is 0 Å². The molecule has 0 aliphatic carbocycles. The molecule has 2 amide bonds. The summed E-state index contributed by atoms with van der Waals surface area (Å²) in [4.78, 5) is 44.0. The summed E-state index contributed by atoms with van der Waals surface area (Å²) in [6.07, 6.45) is 1.08. The SMILES string of the molecule is Cc1oc(-c2cccs2)nc1CC(=O)OCC(=O)N1CCC(C(=O)Nc2ccccc2)CC1. The van der Waals surface area contributed by atoms with E-state index in [1.807, 2.05) is 47.8 Å². The molecule has 4 rings (SSSR count). The molecule has 0 spiro atoms. The van der Waals surface area contributed by atoms with Crippen molar-refractivity contribution >= 4 is 34.8 Å². The number of para-hydroxylation sites is 1. The zero-order valence-corrected chi connectivity index (χ0v) is 19.1. The molecule has 0 saturated carbocycles. The van der Waals surface area contributed by atoms with Crippen LogP contribution in [0.2, 0.25) is 0 Å². The van der Waals surface area contributed by atoms with Crippen LogP contribution < -0.4 is 5.32 Å². The average molecular weight is 468 g/mol. The maximum absolute atomic E-state index is 12.5. The Kier molecular flexibility index (Phi) is 7.19. The average Bonchev–Trinajstić information content (AvgIpc) is 3.48. The zero-order valence-electron chi connectivity index (χ0n) is 18.3. The quantitative estimate of drug-likeness (QED) is 0.532. The van der Waals surface area contributed by atoms with Crippen LogP contribution in [-0.2, 0) is 25.5 Å². The van der Waals surface area contributed by atoms with Crippen molar-refractivity contribution in [1.82, 2.24) is 9.88 Å².